The lowest BCUT2D eigenvalue weighted by Crippen LogP contribution is -2.26. The van der Waals surface area contributed by atoms with Crippen LogP contribution < -0.4 is 10.9 Å². The van der Waals surface area contributed by atoms with Crippen molar-refractivity contribution in [2.45, 2.75) is 65.8 Å². The van der Waals surface area contributed by atoms with Gasteiger partial charge in [-0.05, 0) is 87.4 Å². The van der Waals surface area contributed by atoms with Crippen LogP contribution in [0, 0.1) is 13.8 Å². The molecule has 0 radical (unpaired) electrons. The summed E-state index contributed by atoms with van der Waals surface area (Å²) in [7, 11) is 0. The summed E-state index contributed by atoms with van der Waals surface area (Å²) in [5, 5.41) is 9.49. The number of aryl methyl sites for hydroxylation is 1. The molecule has 0 bridgehead atoms. The zero-order chi connectivity index (χ0) is 20.7. The van der Waals surface area contributed by atoms with E-state index >= 15 is 0 Å². The molecule has 0 saturated carbocycles. The minimum atomic E-state index is 0.00384. The highest BCUT2D eigenvalue weighted by atomic mass is 16.1. The van der Waals surface area contributed by atoms with Crippen LogP contribution in [0.4, 0.5) is 0 Å². The predicted molar refractivity (Wildman–Crippen MR) is 120 cm³/mol. The minimum absolute atomic E-state index is 0.00384. The Bertz CT molecular complexity index is 1100. The van der Waals surface area contributed by atoms with Crippen molar-refractivity contribution in [3.05, 3.63) is 50.8 Å². The van der Waals surface area contributed by atoms with Gasteiger partial charge in [-0.15, -0.1) is 0 Å². The van der Waals surface area contributed by atoms with Crippen LogP contribution >= 0.6 is 0 Å². The minimum Gasteiger partial charge on any atom is -0.353 e. The third kappa shape index (κ3) is 3.42. The fraction of sp³-hybridized carbons (Fsp3) is 0.500. The molecule has 2 aromatic heterocycles. The van der Waals surface area contributed by atoms with Gasteiger partial charge in [0.2, 0.25) is 0 Å². The van der Waals surface area contributed by atoms with Gasteiger partial charge in [0.1, 0.15) is 5.69 Å². The smallest absolute Gasteiger partial charge is 0.269 e. The molecule has 1 saturated heterocycles. The maximum Gasteiger partial charge on any atom is 0.269 e. The summed E-state index contributed by atoms with van der Waals surface area (Å²) in [6.45, 7) is 13.1. The number of hydrogen-bond donors (Lipinski definition) is 2. The number of benzene rings is 1. The highest BCUT2D eigenvalue weighted by Gasteiger charge is 2.22. The zero-order valence-electron chi connectivity index (χ0n) is 18.2. The second kappa shape index (κ2) is 7.79. The number of fused-ring (bicyclic) bond motifs is 1. The van der Waals surface area contributed by atoms with Crippen LogP contribution in [0.15, 0.2) is 23.0 Å². The van der Waals surface area contributed by atoms with Crippen LogP contribution in [0.3, 0.4) is 0 Å². The van der Waals surface area contributed by atoms with Gasteiger partial charge in [0.25, 0.3) is 5.56 Å². The van der Waals surface area contributed by atoms with E-state index in [0.717, 1.165) is 41.1 Å². The van der Waals surface area contributed by atoms with Gasteiger partial charge in [0.05, 0.1) is 5.69 Å². The first-order valence-corrected chi connectivity index (χ1v) is 10.9. The normalized spacial score (nSPS) is 15.5. The van der Waals surface area contributed by atoms with E-state index in [4.69, 9.17) is 5.10 Å². The summed E-state index contributed by atoms with van der Waals surface area (Å²) in [5.74, 6) is 0.980. The fourth-order valence-corrected chi connectivity index (χ4v) is 4.65. The summed E-state index contributed by atoms with van der Waals surface area (Å²) >= 11 is 0. The van der Waals surface area contributed by atoms with Crippen molar-refractivity contribution in [1.82, 2.24) is 20.1 Å². The van der Waals surface area contributed by atoms with Gasteiger partial charge in [-0.25, -0.2) is 4.68 Å². The number of nitrogens with zero attached hydrogens (tertiary/aromatic N) is 2. The molecule has 3 aromatic rings. The van der Waals surface area contributed by atoms with E-state index in [1.807, 2.05) is 20.8 Å². The lowest BCUT2D eigenvalue weighted by molar-refractivity contribution is 0.460. The van der Waals surface area contributed by atoms with E-state index < -0.39 is 0 Å². The molecule has 29 heavy (non-hydrogen) atoms. The lowest BCUT2D eigenvalue weighted by Gasteiger charge is -2.23. The first-order valence-electron chi connectivity index (χ1n) is 10.9. The molecule has 0 spiro atoms. The molecule has 0 atom stereocenters. The van der Waals surface area contributed by atoms with Gasteiger partial charge in [-0.2, -0.15) is 5.10 Å². The fourth-order valence-electron chi connectivity index (χ4n) is 4.65. The van der Waals surface area contributed by atoms with E-state index in [9.17, 15) is 4.79 Å². The Balaban J connectivity index is 1.93. The SMILES string of the molecule is CCn1nc(-c2[nH]c3ccc(C4CCNCC4)cc3c2C(C)C)c(C)c(C)c1=O. The highest BCUT2D eigenvalue weighted by Crippen LogP contribution is 2.38. The number of rotatable bonds is 4. The van der Waals surface area contributed by atoms with E-state index in [1.54, 1.807) is 4.68 Å². The lowest BCUT2D eigenvalue weighted by atomic mass is 9.88. The van der Waals surface area contributed by atoms with Gasteiger partial charge in [0, 0.05) is 23.0 Å². The molecule has 3 heterocycles. The molecule has 5 heteroatoms. The van der Waals surface area contributed by atoms with E-state index in [0.29, 0.717) is 18.4 Å². The number of nitrogens with one attached hydrogen (secondary N) is 2. The van der Waals surface area contributed by atoms with Gasteiger partial charge in [0.15, 0.2) is 0 Å². The molecule has 1 aromatic carbocycles. The van der Waals surface area contributed by atoms with Crippen molar-refractivity contribution in [3.8, 4) is 11.4 Å². The summed E-state index contributed by atoms with van der Waals surface area (Å²) in [5.41, 5.74) is 7.58. The van der Waals surface area contributed by atoms with Gasteiger partial charge < -0.3 is 10.3 Å². The van der Waals surface area contributed by atoms with E-state index in [1.165, 1.54) is 29.4 Å². The number of H-pyrrole nitrogens is 1. The molecule has 2 N–H and O–H groups in total. The average Bonchev–Trinajstić information content (AvgIpc) is 3.11. The molecule has 5 nitrogen and oxygen atoms in total. The first kappa shape index (κ1) is 19.9. The molecular formula is C24H32N4O. The zero-order valence-corrected chi connectivity index (χ0v) is 18.2. The van der Waals surface area contributed by atoms with E-state index in [2.05, 4.69) is 42.3 Å². The van der Waals surface area contributed by atoms with Crippen LogP contribution in [0.1, 0.15) is 67.7 Å². The van der Waals surface area contributed by atoms with Gasteiger partial charge in [-0.3, -0.25) is 4.79 Å². The standard InChI is InChI=1S/C24H32N4O/c1-6-28-24(29)16(5)15(4)22(27-28)23-21(14(2)3)19-13-18(7-8-20(19)26-23)17-9-11-25-12-10-17/h7-8,13-14,17,25-26H,6,9-12H2,1-5H3. The number of aromatic nitrogens is 3. The Kier molecular flexibility index (Phi) is 5.34. The van der Waals surface area contributed by atoms with Crippen molar-refractivity contribution in [3.63, 3.8) is 0 Å². The maximum atomic E-state index is 12.5. The Labute approximate surface area is 172 Å². The molecule has 0 unspecified atom stereocenters. The molecular weight excluding hydrogens is 360 g/mol. The van der Waals surface area contributed by atoms with E-state index in [-0.39, 0.29) is 5.56 Å². The third-order valence-electron chi connectivity index (χ3n) is 6.48. The van der Waals surface area contributed by atoms with Crippen molar-refractivity contribution in [2.75, 3.05) is 13.1 Å². The van der Waals surface area contributed by atoms with Crippen molar-refractivity contribution >= 4 is 10.9 Å². The predicted octanol–water partition coefficient (Wildman–Crippen LogP) is 4.62. The molecule has 0 amide bonds. The third-order valence-corrected chi connectivity index (χ3v) is 6.48. The largest absolute Gasteiger partial charge is 0.353 e. The molecule has 1 aliphatic heterocycles. The van der Waals surface area contributed by atoms with Crippen LogP contribution in [0.5, 0.6) is 0 Å². The van der Waals surface area contributed by atoms with Crippen molar-refractivity contribution < 1.29 is 0 Å². The Morgan fingerprint density at radius 2 is 1.90 bits per heavy atom. The highest BCUT2D eigenvalue weighted by molar-refractivity contribution is 5.91. The second-order valence-corrected chi connectivity index (χ2v) is 8.62. The number of hydrogen-bond acceptors (Lipinski definition) is 3. The Morgan fingerprint density at radius 1 is 1.17 bits per heavy atom. The van der Waals surface area contributed by atoms with Gasteiger partial charge in [-0.1, -0.05) is 19.9 Å². The number of aromatic amines is 1. The van der Waals surface area contributed by atoms with Crippen LogP contribution in [-0.4, -0.2) is 27.9 Å². The monoisotopic (exact) mass is 392 g/mol. The average molecular weight is 393 g/mol. The van der Waals surface area contributed by atoms with Crippen LogP contribution in [0.2, 0.25) is 0 Å². The van der Waals surface area contributed by atoms with Crippen LogP contribution in [0.25, 0.3) is 22.3 Å². The second-order valence-electron chi connectivity index (χ2n) is 8.62. The van der Waals surface area contributed by atoms with Gasteiger partial charge >= 0.3 is 0 Å². The van der Waals surface area contributed by atoms with Crippen molar-refractivity contribution in [1.29, 1.82) is 0 Å². The summed E-state index contributed by atoms with van der Waals surface area (Å²) in [6.07, 6.45) is 2.39. The molecule has 1 aliphatic rings. The molecule has 1 fully saturated rings. The molecule has 0 aliphatic carbocycles. The maximum absolute atomic E-state index is 12.5. The Morgan fingerprint density at radius 3 is 2.55 bits per heavy atom. The topological polar surface area (TPSA) is 62.7 Å². The summed E-state index contributed by atoms with van der Waals surface area (Å²) in [4.78, 5) is 16.1. The summed E-state index contributed by atoms with van der Waals surface area (Å²) in [6, 6.07) is 6.89. The summed E-state index contributed by atoms with van der Waals surface area (Å²) < 4.78 is 1.58. The molecule has 154 valence electrons. The molecule has 4 rings (SSSR count). The Hall–Kier alpha value is -2.40. The van der Waals surface area contributed by atoms with Crippen molar-refractivity contribution in [2.24, 2.45) is 0 Å². The quantitative estimate of drug-likeness (QED) is 0.681. The van der Waals surface area contributed by atoms with Crippen LogP contribution in [-0.2, 0) is 6.54 Å². The number of piperidine rings is 1. The first-order chi connectivity index (χ1) is 13.9.